The number of aromatic amines is 1. The molecule has 0 unspecified atom stereocenters. The quantitative estimate of drug-likeness (QED) is 0.654. The van der Waals surface area contributed by atoms with Gasteiger partial charge in [0.25, 0.3) is 5.56 Å². The van der Waals surface area contributed by atoms with Gasteiger partial charge in [0.05, 0.1) is 12.1 Å². The number of carbonyl (C=O) groups is 1. The summed E-state index contributed by atoms with van der Waals surface area (Å²) >= 11 is 1.38. The molecule has 2 heterocycles. The Kier molecular flexibility index (Phi) is 5.30. The van der Waals surface area contributed by atoms with E-state index in [4.69, 9.17) is 5.26 Å². The first-order chi connectivity index (χ1) is 12.9. The van der Waals surface area contributed by atoms with Gasteiger partial charge in [-0.15, -0.1) is 0 Å². The lowest BCUT2D eigenvalue weighted by Gasteiger charge is -2.16. The van der Waals surface area contributed by atoms with Crippen LogP contribution in [0.4, 0.5) is 5.69 Å². The van der Waals surface area contributed by atoms with E-state index in [0.29, 0.717) is 11.4 Å². The number of nitrogens with zero attached hydrogens (tertiary/aromatic N) is 4. The molecule has 27 heavy (non-hydrogen) atoms. The van der Waals surface area contributed by atoms with Crippen molar-refractivity contribution in [1.29, 1.82) is 5.26 Å². The zero-order valence-corrected chi connectivity index (χ0v) is 15.9. The van der Waals surface area contributed by atoms with Crippen molar-refractivity contribution in [3.05, 3.63) is 52.1 Å². The van der Waals surface area contributed by atoms with Crippen molar-refractivity contribution < 1.29 is 4.79 Å². The smallest absolute Gasteiger partial charge is 0.252 e. The van der Waals surface area contributed by atoms with Gasteiger partial charge in [-0.1, -0.05) is 0 Å². The molecule has 0 bridgehead atoms. The number of amides is 1. The van der Waals surface area contributed by atoms with Crippen LogP contribution in [0.15, 0.2) is 40.2 Å². The van der Waals surface area contributed by atoms with E-state index in [2.05, 4.69) is 21.6 Å². The average molecular weight is 382 g/mol. The molecule has 0 spiro atoms. The minimum Gasteiger partial charge on any atom is -0.325 e. The Morgan fingerprint density at radius 2 is 2.22 bits per heavy atom. The molecular weight excluding hydrogens is 364 g/mol. The first kappa shape index (κ1) is 18.7. The van der Waals surface area contributed by atoms with E-state index in [-0.39, 0.29) is 18.0 Å². The van der Waals surface area contributed by atoms with Crippen molar-refractivity contribution in [2.75, 3.05) is 18.9 Å². The molecule has 2 aromatic heterocycles. The Morgan fingerprint density at radius 1 is 1.44 bits per heavy atom. The van der Waals surface area contributed by atoms with Gasteiger partial charge in [0.2, 0.25) is 5.91 Å². The Morgan fingerprint density at radius 3 is 2.93 bits per heavy atom. The molecule has 3 aromatic rings. The molecule has 1 amide bonds. The van der Waals surface area contributed by atoms with Gasteiger partial charge in [-0.25, -0.2) is 4.31 Å². The van der Waals surface area contributed by atoms with Crippen molar-refractivity contribution in [2.45, 2.75) is 11.8 Å². The number of H-pyrrole nitrogens is 1. The summed E-state index contributed by atoms with van der Waals surface area (Å²) in [6.07, 6.45) is 1.60. The molecule has 2 N–H and O–H groups in total. The third-order valence-corrected chi connectivity index (χ3v) is 4.86. The number of aromatic nitrogens is 3. The van der Waals surface area contributed by atoms with Crippen LogP contribution >= 0.6 is 11.9 Å². The molecule has 0 aliphatic carbocycles. The van der Waals surface area contributed by atoms with Gasteiger partial charge in [0.15, 0.2) is 5.69 Å². The van der Waals surface area contributed by atoms with Crippen LogP contribution in [0.2, 0.25) is 0 Å². The van der Waals surface area contributed by atoms with Crippen LogP contribution in [0.5, 0.6) is 0 Å². The lowest BCUT2D eigenvalue weighted by atomic mass is 10.1. The summed E-state index contributed by atoms with van der Waals surface area (Å²) in [5.74, 6) is -0.232. The largest absolute Gasteiger partial charge is 0.325 e. The highest BCUT2D eigenvalue weighted by molar-refractivity contribution is 7.97. The molecule has 0 aliphatic rings. The number of likely N-dealkylation sites (N-methyl/N-ethyl adjacent to an activating group) is 1. The number of benzene rings is 1. The van der Waals surface area contributed by atoms with Gasteiger partial charge >= 0.3 is 0 Å². The minimum atomic E-state index is -0.232. The van der Waals surface area contributed by atoms with E-state index >= 15 is 0 Å². The zero-order chi connectivity index (χ0) is 19.6. The van der Waals surface area contributed by atoms with Gasteiger partial charge in [-0.3, -0.25) is 14.7 Å². The van der Waals surface area contributed by atoms with Gasteiger partial charge in [0, 0.05) is 35.3 Å². The second-order valence-corrected chi connectivity index (χ2v) is 7.41. The van der Waals surface area contributed by atoms with Crippen molar-refractivity contribution in [1.82, 2.24) is 19.1 Å². The Balaban J connectivity index is 1.71. The molecule has 138 valence electrons. The Hall–Kier alpha value is -3.09. The zero-order valence-electron chi connectivity index (χ0n) is 15.1. The minimum absolute atomic E-state index is 0.120. The fourth-order valence-electron chi connectivity index (χ4n) is 2.61. The van der Waals surface area contributed by atoms with Gasteiger partial charge < -0.3 is 9.88 Å². The van der Waals surface area contributed by atoms with Gasteiger partial charge in [-0.05, 0) is 49.7 Å². The lowest BCUT2D eigenvalue weighted by Crippen LogP contribution is -2.26. The summed E-state index contributed by atoms with van der Waals surface area (Å²) in [5.41, 5.74) is 2.39. The van der Waals surface area contributed by atoms with Gasteiger partial charge in [0.1, 0.15) is 6.07 Å². The van der Waals surface area contributed by atoms with E-state index in [1.54, 1.807) is 30.7 Å². The fourth-order valence-corrected chi connectivity index (χ4v) is 3.62. The van der Waals surface area contributed by atoms with E-state index in [0.717, 1.165) is 21.4 Å². The molecule has 0 radical (unpaired) electrons. The molecule has 0 fully saturated rings. The average Bonchev–Trinajstić information content (AvgIpc) is 3.01. The molecule has 0 atom stereocenters. The third kappa shape index (κ3) is 4.19. The molecule has 0 aliphatic heterocycles. The molecule has 9 heteroatoms. The van der Waals surface area contributed by atoms with Crippen LogP contribution in [-0.2, 0) is 11.8 Å². The number of nitriles is 1. The number of carbonyl (C=O) groups excluding carboxylic acids is 1. The number of rotatable bonds is 5. The highest BCUT2D eigenvalue weighted by Crippen LogP contribution is 2.31. The number of pyridine rings is 1. The predicted molar refractivity (Wildman–Crippen MR) is 104 cm³/mol. The molecule has 0 saturated heterocycles. The Labute approximate surface area is 159 Å². The van der Waals surface area contributed by atoms with E-state index in [1.165, 1.54) is 22.6 Å². The topological polar surface area (TPSA) is 107 Å². The summed E-state index contributed by atoms with van der Waals surface area (Å²) in [6.45, 7) is 2.06. The normalized spacial score (nSPS) is 10.9. The van der Waals surface area contributed by atoms with Crippen LogP contribution in [0.1, 0.15) is 11.3 Å². The number of fused-ring (bicyclic) bond motifs is 1. The first-order valence-corrected chi connectivity index (χ1v) is 8.89. The van der Waals surface area contributed by atoms with E-state index in [1.807, 2.05) is 19.1 Å². The summed E-state index contributed by atoms with van der Waals surface area (Å²) in [4.78, 5) is 24.8. The summed E-state index contributed by atoms with van der Waals surface area (Å²) < 4.78 is 3.21. The highest BCUT2D eigenvalue weighted by atomic mass is 32.2. The maximum Gasteiger partial charge on any atom is 0.252 e. The first-order valence-electron chi connectivity index (χ1n) is 8.12. The number of hydrogen-bond acceptors (Lipinski definition) is 6. The van der Waals surface area contributed by atoms with Crippen molar-refractivity contribution in [3.8, 4) is 6.07 Å². The van der Waals surface area contributed by atoms with Crippen LogP contribution < -0.4 is 10.9 Å². The van der Waals surface area contributed by atoms with Gasteiger partial charge in [-0.2, -0.15) is 10.4 Å². The molecule has 0 saturated carbocycles. The van der Waals surface area contributed by atoms with Crippen molar-refractivity contribution in [3.63, 3.8) is 0 Å². The second kappa shape index (κ2) is 7.65. The van der Waals surface area contributed by atoms with E-state index < -0.39 is 0 Å². The second-order valence-electron chi connectivity index (χ2n) is 6.16. The number of nitrogens with one attached hydrogen (secondary N) is 2. The van der Waals surface area contributed by atoms with Crippen molar-refractivity contribution in [2.24, 2.45) is 7.05 Å². The summed E-state index contributed by atoms with van der Waals surface area (Å²) in [5, 5.41) is 19.6. The summed E-state index contributed by atoms with van der Waals surface area (Å²) in [6, 6.07) is 9.00. The third-order valence-electron chi connectivity index (χ3n) is 3.90. The maximum absolute atomic E-state index is 12.3. The number of anilines is 1. The molecule has 8 nitrogen and oxygen atoms in total. The highest BCUT2D eigenvalue weighted by Gasteiger charge is 2.14. The maximum atomic E-state index is 12.3. The molecule has 1 aromatic carbocycles. The van der Waals surface area contributed by atoms with Crippen LogP contribution in [-0.4, -0.2) is 38.6 Å². The molecule has 3 rings (SSSR count). The Bertz CT molecular complexity index is 1110. The number of hydrogen-bond donors (Lipinski definition) is 2. The van der Waals surface area contributed by atoms with Crippen LogP contribution in [0, 0.1) is 18.3 Å². The van der Waals surface area contributed by atoms with Crippen LogP contribution in [0.3, 0.4) is 0 Å². The predicted octanol–water partition coefficient (Wildman–Crippen LogP) is 2.02. The van der Waals surface area contributed by atoms with Crippen molar-refractivity contribution >= 4 is 34.4 Å². The fraction of sp³-hybridized carbons (Fsp3) is 0.222. The van der Waals surface area contributed by atoms with Crippen LogP contribution in [0.25, 0.3) is 10.9 Å². The standard InChI is InChI=1S/C18H18N6O2S/c1-11-6-13-14(9-19)21-22-18(13)15(7-11)27-24(3)10-16(25)20-12-4-5-23(2)17(26)8-12/h4-8H,10H2,1-3H3,(H,20,25)(H,21,22). The number of aryl methyl sites for hydroxylation is 2. The molecular formula is C18H18N6O2S. The monoisotopic (exact) mass is 382 g/mol. The lowest BCUT2D eigenvalue weighted by molar-refractivity contribution is -0.116. The SMILES string of the molecule is Cc1cc(SN(C)CC(=O)Nc2ccn(C)c(=O)c2)c2[nH]nc(C#N)c2c1. The van der Waals surface area contributed by atoms with E-state index in [9.17, 15) is 9.59 Å². The summed E-state index contributed by atoms with van der Waals surface area (Å²) in [7, 11) is 3.44.